The largest absolute Gasteiger partial charge is 0.459 e. The Morgan fingerprint density at radius 3 is 2.68 bits per heavy atom. The van der Waals surface area contributed by atoms with E-state index < -0.39 is 18.4 Å². The number of hydrogen-bond donors (Lipinski definition) is 2. The van der Waals surface area contributed by atoms with Crippen LogP contribution >= 0.6 is 0 Å². The number of halogens is 2. The predicted octanol–water partition coefficient (Wildman–Crippen LogP) is 3.65. The number of amidine groups is 1. The van der Waals surface area contributed by atoms with Crippen molar-refractivity contribution in [2.45, 2.75) is 32.6 Å². The number of rotatable bonds is 7. The number of carbonyl (C=O) groups excluding carboxylic acids is 1. The smallest absolute Gasteiger partial charge is 0.306 e. The molecule has 0 spiro atoms. The first-order chi connectivity index (χ1) is 13.3. The first-order valence-electron chi connectivity index (χ1n) is 8.87. The van der Waals surface area contributed by atoms with Gasteiger partial charge in [0.1, 0.15) is 5.69 Å². The van der Waals surface area contributed by atoms with Crippen LogP contribution in [0.25, 0.3) is 0 Å². The maximum atomic E-state index is 14.8. The molecule has 28 heavy (non-hydrogen) atoms. The molecule has 0 saturated carbocycles. The molecule has 3 N–H and O–H groups in total. The Hall–Kier alpha value is -3.03. The first-order valence-corrected chi connectivity index (χ1v) is 8.87. The number of benzene rings is 1. The van der Waals surface area contributed by atoms with Crippen LogP contribution in [0.4, 0.5) is 14.5 Å². The monoisotopic (exact) mass is 390 g/mol. The van der Waals surface area contributed by atoms with Crippen LogP contribution in [-0.4, -0.2) is 30.6 Å². The highest BCUT2D eigenvalue weighted by atomic mass is 19.3. The summed E-state index contributed by atoms with van der Waals surface area (Å²) in [4.78, 5) is 19.9. The number of nitrogens with zero attached hydrogens (tertiary/aromatic N) is 2. The number of aliphatic imine (C=N–C) groups is 1. The van der Waals surface area contributed by atoms with Gasteiger partial charge in [0.15, 0.2) is 6.61 Å². The molecule has 0 unspecified atom stereocenters. The van der Waals surface area contributed by atoms with Crippen molar-refractivity contribution < 1.29 is 18.3 Å². The maximum Gasteiger partial charge on any atom is 0.306 e. The Kier molecular flexibility index (Phi) is 7.03. The number of nitrogens with two attached hydrogens (primary N) is 1. The fourth-order valence-corrected chi connectivity index (χ4v) is 2.59. The standard InChI is InChI=1S/C20H24F2N4O2/c1-4-5-14-7-8-15(26-18(27)17-9-6-13(2)11-25-17)10-16(14)20(21,22)12-28-19(23)24-3/h6-11H,4-5,12H2,1-3H3,(H2,23,24)(H,26,27). The molecule has 6 nitrogen and oxygen atoms in total. The van der Waals surface area contributed by atoms with Crippen LogP contribution in [0.5, 0.6) is 0 Å². The van der Waals surface area contributed by atoms with E-state index in [0.717, 1.165) is 5.56 Å². The van der Waals surface area contributed by atoms with Crippen LogP contribution in [0.2, 0.25) is 0 Å². The van der Waals surface area contributed by atoms with Crippen molar-refractivity contribution in [3.05, 3.63) is 58.9 Å². The zero-order valence-electron chi connectivity index (χ0n) is 16.1. The molecule has 0 aliphatic rings. The Bertz CT molecular complexity index is 852. The minimum atomic E-state index is -3.30. The number of ether oxygens (including phenoxy) is 1. The SMILES string of the molecule is CCCc1ccc(NC(=O)c2ccc(C)cn2)cc1C(F)(F)COC(N)=NC. The molecule has 0 fully saturated rings. The van der Waals surface area contributed by atoms with Gasteiger partial charge in [-0.3, -0.25) is 9.78 Å². The fraction of sp³-hybridized carbons (Fsp3) is 0.350. The third-order valence-corrected chi connectivity index (χ3v) is 4.05. The fourth-order valence-electron chi connectivity index (χ4n) is 2.59. The molecule has 1 heterocycles. The first kappa shape index (κ1) is 21.3. The topological polar surface area (TPSA) is 89.6 Å². The summed E-state index contributed by atoms with van der Waals surface area (Å²) in [6.07, 6.45) is 2.73. The predicted molar refractivity (Wildman–Crippen MR) is 105 cm³/mol. The molecule has 0 atom stereocenters. The molecule has 0 radical (unpaired) electrons. The summed E-state index contributed by atoms with van der Waals surface area (Å²) in [6, 6.07) is 7.46. The molecular weight excluding hydrogens is 366 g/mol. The van der Waals surface area contributed by atoms with Crippen molar-refractivity contribution in [1.29, 1.82) is 0 Å². The lowest BCUT2D eigenvalue weighted by atomic mass is 9.97. The van der Waals surface area contributed by atoms with Gasteiger partial charge in [-0.05, 0) is 42.7 Å². The molecule has 0 bridgehead atoms. The molecule has 1 aromatic heterocycles. The van der Waals surface area contributed by atoms with Crippen molar-refractivity contribution in [2.75, 3.05) is 19.0 Å². The van der Waals surface area contributed by atoms with Gasteiger partial charge in [0.05, 0.1) is 0 Å². The number of alkyl halides is 2. The molecule has 0 aliphatic heterocycles. The van der Waals surface area contributed by atoms with Gasteiger partial charge in [-0.25, -0.2) is 4.99 Å². The second-order valence-corrected chi connectivity index (χ2v) is 6.35. The molecule has 1 aromatic carbocycles. The number of pyridine rings is 1. The van der Waals surface area contributed by atoms with Crippen LogP contribution in [0.1, 0.15) is 40.5 Å². The number of nitrogens with one attached hydrogen (secondary N) is 1. The summed E-state index contributed by atoms with van der Waals surface area (Å²) >= 11 is 0. The summed E-state index contributed by atoms with van der Waals surface area (Å²) < 4.78 is 34.3. The summed E-state index contributed by atoms with van der Waals surface area (Å²) in [5.74, 6) is -3.78. The molecular formula is C20H24F2N4O2. The number of anilines is 1. The zero-order valence-corrected chi connectivity index (χ0v) is 16.1. The van der Waals surface area contributed by atoms with E-state index in [1.807, 2.05) is 13.8 Å². The van der Waals surface area contributed by atoms with Crippen LogP contribution in [0.15, 0.2) is 41.5 Å². The van der Waals surface area contributed by atoms with E-state index >= 15 is 0 Å². The minimum Gasteiger partial charge on any atom is -0.459 e. The quantitative estimate of drug-likeness (QED) is 0.558. The van der Waals surface area contributed by atoms with E-state index in [9.17, 15) is 13.6 Å². The van der Waals surface area contributed by atoms with Gasteiger partial charge >= 0.3 is 5.92 Å². The highest BCUT2D eigenvalue weighted by Crippen LogP contribution is 2.34. The third-order valence-electron chi connectivity index (χ3n) is 4.05. The number of amides is 1. The normalized spacial score (nSPS) is 12.0. The van der Waals surface area contributed by atoms with E-state index in [1.165, 1.54) is 13.1 Å². The summed E-state index contributed by atoms with van der Waals surface area (Å²) in [6.45, 7) is 2.82. The van der Waals surface area contributed by atoms with Gasteiger partial charge in [0, 0.05) is 24.5 Å². The minimum absolute atomic E-state index is 0.201. The molecule has 0 saturated heterocycles. The molecule has 8 heteroatoms. The van der Waals surface area contributed by atoms with E-state index in [4.69, 9.17) is 10.5 Å². The Labute approximate surface area is 162 Å². The number of carbonyl (C=O) groups is 1. The van der Waals surface area contributed by atoms with Crippen LogP contribution < -0.4 is 11.1 Å². The van der Waals surface area contributed by atoms with E-state index in [1.54, 1.807) is 30.5 Å². The van der Waals surface area contributed by atoms with Crippen molar-refractivity contribution in [1.82, 2.24) is 4.98 Å². The van der Waals surface area contributed by atoms with E-state index in [0.29, 0.717) is 18.4 Å². The van der Waals surface area contributed by atoms with E-state index in [-0.39, 0.29) is 23.0 Å². The average molecular weight is 390 g/mol. The Balaban J connectivity index is 2.28. The average Bonchev–Trinajstić information content (AvgIpc) is 2.68. The van der Waals surface area contributed by atoms with Crippen molar-refractivity contribution in [3.8, 4) is 0 Å². The second kappa shape index (κ2) is 9.25. The highest BCUT2D eigenvalue weighted by molar-refractivity contribution is 6.02. The van der Waals surface area contributed by atoms with Crippen LogP contribution in [0, 0.1) is 6.92 Å². The Morgan fingerprint density at radius 1 is 1.32 bits per heavy atom. The second-order valence-electron chi connectivity index (χ2n) is 6.35. The zero-order chi connectivity index (χ0) is 20.7. The molecule has 2 rings (SSSR count). The van der Waals surface area contributed by atoms with Crippen molar-refractivity contribution >= 4 is 17.6 Å². The number of hydrogen-bond acceptors (Lipinski definition) is 4. The van der Waals surface area contributed by atoms with Crippen LogP contribution in [0.3, 0.4) is 0 Å². The lowest BCUT2D eigenvalue weighted by molar-refractivity contribution is -0.0518. The molecule has 2 aromatic rings. The number of aryl methyl sites for hydroxylation is 2. The van der Waals surface area contributed by atoms with Gasteiger partial charge in [-0.2, -0.15) is 8.78 Å². The van der Waals surface area contributed by atoms with Gasteiger partial charge in [0.25, 0.3) is 11.9 Å². The Morgan fingerprint density at radius 2 is 2.07 bits per heavy atom. The van der Waals surface area contributed by atoms with E-state index in [2.05, 4.69) is 15.3 Å². The van der Waals surface area contributed by atoms with Gasteiger partial charge in [0.2, 0.25) is 0 Å². The third kappa shape index (κ3) is 5.48. The highest BCUT2D eigenvalue weighted by Gasteiger charge is 2.35. The lowest BCUT2D eigenvalue weighted by Crippen LogP contribution is -2.28. The van der Waals surface area contributed by atoms with Crippen LogP contribution in [-0.2, 0) is 17.1 Å². The molecule has 1 amide bonds. The van der Waals surface area contributed by atoms with Gasteiger partial charge < -0.3 is 15.8 Å². The van der Waals surface area contributed by atoms with Crippen molar-refractivity contribution in [2.24, 2.45) is 10.7 Å². The maximum absolute atomic E-state index is 14.8. The number of aromatic nitrogens is 1. The van der Waals surface area contributed by atoms with Gasteiger partial charge in [-0.1, -0.05) is 25.5 Å². The summed E-state index contributed by atoms with van der Waals surface area (Å²) in [7, 11) is 1.35. The molecule has 150 valence electrons. The van der Waals surface area contributed by atoms with Gasteiger partial charge in [-0.15, -0.1) is 0 Å². The van der Waals surface area contributed by atoms with Crippen molar-refractivity contribution in [3.63, 3.8) is 0 Å². The summed E-state index contributed by atoms with van der Waals surface area (Å²) in [5, 5.41) is 2.61. The lowest BCUT2D eigenvalue weighted by Gasteiger charge is -2.21. The molecule has 0 aliphatic carbocycles. The summed E-state index contributed by atoms with van der Waals surface area (Å²) in [5.41, 5.74) is 6.99.